The van der Waals surface area contributed by atoms with E-state index in [9.17, 15) is 31.2 Å². The van der Waals surface area contributed by atoms with Crippen LogP contribution in [0, 0.1) is 17.3 Å². The molecule has 0 saturated heterocycles. The van der Waals surface area contributed by atoms with Crippen molar-refractivity contribution in [3.05, 3.63) is 0 Å². The molecule has 2 bridgehead atoms. The molecule has 6 nitrogen and oxygen atoms in total. The van der Waals surface area contributed by atoms with E-state index in [4.69, 9.17) is 4.74 Å². The molecule has 2 aliphatic carbocycles. The Morgan fingerprint density at radius 2 is 1.76 bits per heavy atom. The maximum absolute atomic E-state index is 12.5. The minimum absolute atomic E-state index is 0.416. The molecule has 2 fully saturated rings. The molecular formula is C15H22F3NO5S. The highest BCUT2D eigenvalue weighted by molar-refractivity contribution is 7.90. The van der Waals surface area contributed by atoms with Crippen LogP contribution in [0.2, 0.25) is 0 Å². The highest BCUT2D eigenvalue weighted by Crippen LogP contribution is 2.51. The molecular weight excluding hydrogens is 363 g/mol. The van der Waals surface area contributed by atoms with Crippen molar-refractivity contribution >= 4 is 21.9 Å². The van der Waals surface area contributed by atoms with E-state index in [1.165, 1.54) is 0 Å². The summed E-state index contributed by atoms with van der Waals surface area (Å²) in [5, 5.41) is 0. The van der Waals surface area contributed by atoms with Gasteiger partial charge in [-0.1, -0.05) is 26.2 Å². The number of carbonyl (C=O) groups is 2. The van der Waals surface area contributed by atoms with Crippen LogP contribution in [0.25, 0.3) is 0 Å². The molecule has 0 aromatic rings. The van der Waals surface area contributed by atoms with E-state index in [0.29, 0.717) is 31.1 Å². The molecule has 2 atom stereocenters. The Morgan fingerprint density at radius 3 is 2.24 bits per heavy atom. The van der Waals surface area contributed by atoms with Crippen LogP contribution >= 0.6 is 0 Å². The van der Waals surface area contributed by atoms with Crippen LogP contribution < -0.4 is 4.72 Å². The monoisotopic (exact) mass is 385 g/mol. The van der Waals surface area contributed by atoms with Gasteiger partial charge in [0.05, 0.1) is 5.41 Å². The van der Waals surface area contributed by atoms with Gasteiger partial charge in [0.2, 0.25) is 0 Å². The fourth-order valence-corrected chi connectivity index (χ4v) is 4.56. The third-order valence-electron chi connectivity index (χ3n) is 5.25. The molecule has 1 amide bonds. The molecule has 0 aromatic carbocycles. The highest BCUT2D eigenvalue weighted by Gasteiger charge is 2.48. The number of hydrogen-bond donors (Lipinski definition) is 1. The summed E-state index contributed by atoms with van der Waals surface area (Å²) in [4.78, 5) is 23.9. The largest absolute Gasteiger partial charge is 0.516 e. The van der Waals surface area contributed by atoms with Gasteiger partial charge < -0.3 is 4.74 Å². The van der Waals surface area contributed by atoms with Crippen LogP contribution in [0.5, 0.6) is 0 Å². The molecule has 0 aromatic heterocycles. The Bertz CT molecular complexity index is 620. The van der Waals surface area contributed by atoms with Gasteiger partial charge in [-0.15, -0.1) is 0 Å². The second-order valence-electron chi connectivity index (χ2n) is 6.99. The molecule has 10 heteroatoms. The fourth-order valence-electron chi connectivity index (χ4n) is 4.08. The van der Waals surface area contributed by atoms with Gasteiger partial charge in [-0.05, 0) is 37.5 Å². The predicted octanol–water partition coefficient (Wildman–Crippen LogP) is 2.49. The van der Waals surface area contributed by atoms with Crippen molar-refractivity contribution in [2.24, 2.45) is 17.3 Å². The number of ether oxygens (including phenoxy) is 1. The number of nitrogens with one attached hydrogen (secondary N) is 1. The summed E-state index contributed by atoms with van der Waals surface area (Å²) in [5.41, 5.74) is -6.34. The molecule has 0 spiro atoms. The third-order valence-corrected chi connectivity index (χ3v) is 6.35. The minimum atomic E-state index is -5.79. The number of hydrogen-bond acceptors (Lipinski definition) is 5. The topological polar surface area (TPSA) is 89.5 Å². The van der Waals surface area contributed by atoms with Crippen LogP contribution in [0.15, 0.2) is 0 Å². The first kappa shape index (κ1) is 20.0. The second kappa shape index (κ2) is 7.13. The van der Waals surface area contributed by atoms with E-state index in [-0.39, 0.29) is 0 Å². The number of sulfonamides is 1. The highest BCUT2D eigenvalue weighted by atomic mass is 32.2. The van der Waals surface area contributed by atoms with E-state index < -0.39 is 39.4 Å². The van der Waals surface area contributed by atoms with Gasteiger partial charge in [0.1, 0.15) is 0 Å². The van der Waals surface area contributed by atoms with Gasteiger partial charge in [0.15, 0.2) is 6.61 Å². The summed E-state index contributed by atoms with van der Waals surface area (Å²) in [5.74, 6) is -1.32. The van der Waals surface area contributed by atoms with Gasteiger partial charge in [-0.3, -0.25) is 9.59 Å². The van der Waals surface area contributed by atoms with Gasteiger partial charge in [0.25, 0.3) is 5.91 Å². The number of carbonyl (C=O) groups excluding carboxylic acids is 2. The van der Waals surface area contributed by atoms with Crippen LogP contribution in [0.4, 0.5) is 13.2 Å². The summed E-state index contributed by atoms with van der Waals surface area (Å²) in [6.45, 7) is 0.793. The zero-order valence-electron chi connectivity index (χ0n) is 13.9. The molecule has 1 N–H and O–H groups in total. The molecule has 0 radical (unpaired) electrons. The van der Waals surface area contributed by atoms with Crippen molar-refractivity contribution < 1.29 is 35.9 Å². The summed E-state index contributed by atoms with van der Waals surface area (Å²) in [7, 11) is -5.79. The van der Waals surface area contributed by atoms with Gasteiger partial charge in [0, 0.05) is 0 Å². The summed E-state index contributed by atoms with van der Waals surface area (Å²) < 4.78 is 64.1. The van der Waals surface area contributed by atoms with Gasteiger partial charge in [-0.25, -0.2) is 4.72 Å². The van der Waals surface area contributed by atoms with Crippen LogP contribution in [0.1, 0.15) is 51.9 Å². The van der Waals surface area contributed by atoms with Crippen molar-refractivity contribution in [3.63, 3.8) is 0 Å². The SMILES string of the molecule is CCC1(C(=O)OCC(=O)NS(=O)(=O)C(F)(F)F)CC2CCCC(C2)C1. The van der Waals surface area contributed by atoms with Crippen LogP contribution in [-0.2, 0) is 24.3 Å². The summed E-state index contributed by atoms with van der Waals surface area (Å²) >= 11 is 0. The first-order valence-corrected chi connectivity index (χ1v) is 9.76. The Kier molecular flexibility index (Phi) is 5.70. The van der Waals surface area contributed by atoms with Crippen molar-refractivity contribution in [1.82, 2.24) is 4.72 Å². The summed E-state index contributed by atoms with van der Waals surface area (Å²) in [6.07, 6.45) is 6.07. The minimum Gasteiger partial charge on any atom is -0.455 e. The van der Waals surface area contributed by atoms with Crippen LogP contribution in [0.3, 0.4) is 0 Å². The Balaban J connectivity index is 1.95. The van der Waals surface area contributed by atoms with Gasteiger partial charge >= 0.3 is 21.5 Å². The van der Waals surface area contributed by atoms with E-state index in [0.717, 1.165) is 30.4 Å². The molecule has 25 heavy (non-hydrogen) atoms. The first-order chi connectivity index (χ1) is 11.5. The molecule has 2 saturated carbocycles. The van der Waals surface area contributed by atoms with Crippen molar-refractivity contribution in [2.45, 2.75) is 57.4 Å². The van der Waals surface area contributed by atoms with Crippen molar-refractivity contribution in [3.8, 4) is 0 Å². The van der Waals surface area contributed by atoms with E-state index in [1.807, 2.05) is 6.92 Å². The lowest BCUT2D eigenvalue weighted by Crippen LogP contribution is -2.45. The molecule has 2 aliphatic rings. The first-order valence-electron chi connectivity index (χ1n) is 8.28. The number of rotatable bonds is 5. The maximum atomic E-state index is 12.5. The number of alkyl halides is 3. The zero-order valence-corrected chi connectivity index (χ0v) is 14.7. The van der Waals surface area contributed by atoms with E-state index in [1.54, 1.807) is 0 Å². The van der Waals surface area contributed by atoms with Crippen LogP contribution in [-0.4, -0.2) is 32.4 Å². The number of halogens is 3. The summed E-state index contributed by atoms with van der Waals surface area (Å²) in [6, 6.07) is 0. The lowest BCUT2D eigenvalue weighted by molar-refractivity contribution is -0.164. The second-order valence-corrected chi connectivity index (χ2v) is 8.67. The molecule has 2 rings (SSSR count). The number of amides is 1. The smallest absolute Gasteiger partial charge is 0.455 e. The van der Waals surface area contributed by atoms with Gasteiger partial charge in [-0.2, -0.15) is 21.6 Å². The fraction of sp³-hybridized carbons (Fsp3) is 0.867. The third kappa shape index (κ3) is 4.45. The molecule has 0 heterocycles. The lowest BCUT2D eigenvalue weighted by atomic mass is 9.60. The number of fused-ring (bicyclic) bond motifs is 2. The Hall–Kier alpha value is -1.32. The average Bonchev–Trinajstić information content (AvgIpc) is 2.50. The quantitative estimate of drug-likeness (QED) is 0.735. The van der Waals surface area contributed by atoms with E-state index >= 15 is 0 Å². The zero-order chi connectivity index (χ0) is 18.9. The predicted molar refractivity (Wildman–Crippen MR) is 81.5 cm³/mol. The number of esters is 1. The standard InChI is InChI=1S/C15H22F3NO5S/c1-2-14(7-10-4-3-5-11(6-10)8-14)13(21)24-9-12(20)19-25(22,23)15(16,17)18/h10-11H,2-9H2,1H3,(H,19,20). The Morgan fingerprint density at radius 1 is 1.20 bits per heavy atom. The normalized spacial score (nSPS) is 29.8. The molecule has 2 unspecified atom stereocenters. The van der Waals surface area contributed by atoms with Crippen molar-refractivity contribution in [2.75, 3.05) is 6.61 Å². The molecule has 144 valence electrons. The van der Waals surface area contributed by atoms with E-state index in [2.05, 4.69) is 0 Å². The average molecular weight is 385 g/mol. The maximum Gasteiger partial charge on any atom is 0.516 e. The Labute approximate surface area is 144 Å². The molecule has 0 aliphatic heterocycles. The van der Waals surface area contributed by atoms with Crippen molar-refractivity contribution in [1.29, 1.82) is 0 Å². The lowest BCUT2D eigenvalue weighted by Gasteiger charge is -2.45.